The van der Waals surface area contributed by atoms with Crippen molar-refractivity contribution in [1.29, 1.82) is 0 Å². The van der Waals surface area contributed by atoms with Gasteiger partial charge in [-0.2, -0.15) is 5.10 Å². The summed E-state index contributed by atoms with van der Waals surface area (Å²) in [5, 5.41) is 9.83. The summed E-state index contributed by atoms with van der Waals surface area (Å²) in [5.74, 6) is 0.439. The Kier molecular flexibility index (Phi) is 5.74. The lowest BCUT2D eigenvalue weighted by molar-refractivity contribution is 0.114. The second-order valence-corrected chi connectivity index (χ2v) is 7.45. The molecule has 1 aromatic heterocycles. The Hall–Kier alpha value is -0.960. The number of nitrogens with zero attached hydrogens (tertiary/aromatic N) is 1. The fourth-order valence-corrected chi connectivity index (χ4v) is 2.98. The van der Waals surface area contributed by atoms with E-state index in [0.717, 1.165) is 12.8 Å². The molecule has 2 rings (SSSR count). The van der Waals surface area contributed by atoms with E-state index < -0.39 is 10.0 Å². The SMILES string of the molecule is CC(C)COCCNS(=O)(=O)c1[nH]ncc1CNC1CC1. The molecule has 7 nitrogen and oxygen atoms in total. The molecule has 1 aliphatic rings. The van der Waals surface area contributed by atoms with Gasteiger partial charge in [-0.25, -0.2) is 13.1 Å². The van der Waals surface area contributed by atoms with E-state index in [0.29, 0.717) is 37.3 Å². The van der Waals surface area contributed by atoms with Crippen molar-refractivity contribution in [2.75, 3.05) is 19.8 Å². The summed E-state index contributed by atoms with van der Waals surface area (Å²) in [4.78, 5) is 0. The highest BCUT2D eigenvalue weighted by atomic mass is 32.2. The lowest BCUT2D eigenvalue weighted by Crippen LogP contribution is -2.29. The topological polar surface area (TPSA) is 96.1 Å². The second kappa shape index (κ2) is 7.35. The molecule has 1 aromatic rings. The molecule has 1 saturated carbocycles. The first-order valence-electron chi connectivity index (χ1n) is 7.32. The Morgan fingerprint density at radius 1 is 1.48 bits per heavy atom. The van der Waals surface area contributed by atoms with Gasteiger partial charge in [0.1, 0.15) is 0 Å². The summed E-state index contributed by atoms with van der Waals surface area (Å²) < 4.78 is 32.3. The highest BCUT2D eigenvalue weighted by Crippen LogP contribution is 2.20. The van der Waals surface area contributed by atoms with Crippen molar-refractivity contribution < 1.29 is 13.2 Å². The van der Waals surface area contributed by atoms with Gasteiger partial charge < -0.3 is 10.1 Å². The average Bonchev–Trinajstić information content (AvgIpc) is 3.11. The number of rotatable bonds is 10. The third-order valence-corrected chi connectivity index (χ3v) is 4.57. The number of nitrogens with one attached hydrogen (secondary N) is 3. The van der Waals surface area contributed by atoms with Gasteiger partial charge in [0.2, 0.25) is 0 Å². The molecular formula is C13H24N4O3S. The number of aromatic nitrogens is 2. The number of hydrogen-bond donors (Lipinski definition) is 3. The molecule has 1 aliphatic carbocycles. The monoisotopic (exact) mass is 316 g/mol. The van der Waals surface area contributed by atoms with E-state index in [4.69, 9.17) is 4.74 Å². The van der Waals surface area contributed by atoms with Gasteiger partial charge in [-0.1, -0.05) is 13.8 Å². The first kappa shape index (κ1) is 16.4. The van der Waals surface area contributed by atoms with Crippen molar-refractivity contribution in [2.24, 2.45) is 5.92 Å². The van der Waals surface area contributed by atoms with Crippen LogP contribution in [0.3, 0.4) is 0 Å². The highest BCUT2D eigenvalue weighted by molar-refractivity contribution is 7.89. The van der Waals surface area contributed by atoms with E-state index in [1.807, 2.05) is 13.8 Å². The van der Waals surface area contributed by atoms with Crippen LogP contribution in [0, 0.1) is 5.92 Å². The zero-order chi connectivity index (χ0) is 15.3. The first-order chi connectivity index (χ1) is 9.99. The lowest BCUT2D eigenvalue weighted by atomic mass is 10.2. The van der Waals surface area contributed by atoms with Gasteiger partial charge in [0.05, 0.1) is 12.8 Å². The van der Waals surface area contributed by atoms with E-state index in [1.54, 1.807) is 6.20 Å². The highest BCUT2D eigenvalue weighted by Gasteiger charge is 2.24. The summed E-state index contributed by atoms with van der Waals surface area (Å²) in [5.41, 5.74) is 0.664. The molecule has 3 N–H and O–H groups in total. The van der Waals surface area contributed by atoms with Crippen LogP contribution in [0.4, 0.5) is 0 Å². The minimum absolute atomic E-state index is 0.138. The minimum Gasteiger partial charge on any atom is -0.380 e. The van der Waals surface area contributed by atoms with Gasteiger partial charge in [0.15, 0.2) is 5.03 Å². The van der Waals surface area contributed by atoms with Crippen molar-refractivity contribution in [3.05, 3.63) is 11.8 Å². The fraction of sp³-hybridized carbons (Fsp3) is 0.769. The summed E-state index contributed by atoms with van der Waals surface area (Å²) in [7, 11) is -3.56. The van der Waals surface area contributed by atoms with Crippen molar-refractivity contribution in [2.45, 2.75) is 44.3 Å². The number of H-pyrrole nitrogens is 1. The summed E-state index contributed by atoms with van der Waals surface area (Å²) in [6.45, 7) is 5.86. The molecule has 0 spiro atoms. The van der Waals surface area contributed by atoms with Gasteiger partial charge in [-0.3, -0.25) is 5.10 Å². The summed E-state index contributed by atoms with van der Waals surface area (Å²) >= 11 is 0. The molecule has 0 aliphatic heterocycles. The molecule has 0 bridgehead atoms. The van der Waals surface area contributed by atoms with Crippen molar-refractivity contribution in [3.63, 3.8) is 0 Å². The molecule has 1 fully saturated rings. The molecule has 1 heterocycles. The Balaban J connectivity index is 1.82. The molecule has 0 amide bonds. The smallest absolute Gasteiger partial charge is 0.257 e. The van der Waals surface area contributed by atoms with Crippen molar-refractivity contribution in [3.8, 4) is 0 Å². The van der Waals surface area contributed by atoms with Crippen LogP contribution in [0.25, 0.3) is 0 Å². The molecule has 8 heteroatoms. The van der Waals surface area contributed by atoms with E-state index in [9.17, 15) is 8.42 Å². The van der Waals surface area contributed by atoms with Crippen LogP contribution in [0.1, 0.15) is 32.3 Å². The molecular weight excluding hydrogens is 292 g/mol. The first-order valence-corrected chi connectivity index (χ1v) is 8.80. The maximum Gasteiger partial charge on any atom is 0.257 e. The molecule has 0 aromatic carbocycles. The van der Waals surface area contributed by atoms with Crippen LogP contribution in [0.15, 0.2) is 11.2 Å². The van der Waals surface area contributed by atoms with Gasteiger partial charge in [-0.05, 0) is 18.8 Å². The summed E-state index contributed by atoms with van der Waals surface area (Å²) in [6, 6.07) is 0.521. The van der Waals surface area contributed by atoms with Crippen LogP contribution < -0.4 is 10.0 Å². The van der Waals surface area contributed by atoms with Gasteiger partial charge >= 0.3 is 0 Å². The molecule has 0 saturated heterocycles. The van der Waals surface area contributed by atoms with Crippen molar-refractivity contribution >= 4 is 10.0 Å². The van der Waals surface area contributed by atoms with E-state index in [1.165, 1.54) is 0 Å². The molecule has 0 radical (unpaired) electrons. The van der Waals surface area contributed by atoms with E-state index in [2.05, 4.69) is 20.2 Å². The largest absolute Gasteiger partial charge is 0.380 e. The van der Waals surface area contributed by atoms with Crippen molar-refractivity contribution in [1.82, 2.24) is 20.2 Å². The second-order valence-electron chi connectivity index (χ2n) is 5.75. The summed E-state index contributed by atoms with van der Waals surface area (Å²) in [6.07, 6.45) is 3.87. The van der Waals surface area contributed by atoms with Gasteiger partial charge in [0, 0.05) is 31.3 Å². The Morgan fingerprint density at radius 2 is 2.24 bits per heavy atom. The third-order valence-electron chi connectivity index (χ3n) is 3.10. The van der Waals surface area contributed by atoms with Crippen LogP contribution in [0.5, 0.6) is 0 Å². The van der Waals surface area contributed by atoms with Gasteiger partial charge in [0.25, 0.3) is 10.0 Å². The van der Waals surface area contributed by atoms with Crippen LogP contribution >= 0.6 is 0 Å². The van der Waals surface area contributed by atoms with Crippen LogP contribution in [-0.2, 0) is 21.3 Å². The molecule has 0 unspecified atom stereocenters. The molecule has 0 atom stereocenters. The number of aromatic amines is 1. The Labute approximate surface area is 125 Å². The van der Waals surface area contributed by atoms with Crippen LogP contribution in [0.2, 0.25) is 0 Å². The predicted molar refractivity (Wildman–Crippen MR) is 79.3 cm³/mol. The number of sulfonamides is 1. The zero-order valence-corrected chi connectivity index (χ0v) is 13.4. The third kappa shape index (κ3) is 5.39. The minimum atomic E-state index is -3.56. The number of ether oxygens (including phenoxy) is 1. The van der Waals surface area contributed by atoms with Gasteiger partial charge in [-0.15, -0.1) is 0 Å². The maximum atomic E-state index is 12.2. The Morgan fingerprint density at radius 3 is 2.90 bits per heavy atom. The van der Waals surface area contributed by atoms with E-state index >= 15 is 0 Å². The fourth-order valence-electron chi connectivity index (χ4n) is 1.84. The Bertz CT molecular complexity index is 537. The molecule has 120 valence electrons. The quantitative estimate of drug-likeness (QED) is 0.550. The molecule has 21 heavy (non-hydrogen) atoms. The lowest BCUT2D eigenvalue weighted by Gasteiger charge is -2.09. The maximum absolute atomic E-state index is 12.2. The van der Waals surface area contributed by atoms with E-state index in [-0.39, 0.29) is 11.6 Å². The van der Waals surface area contributed by atoms with Crippen LogP contribution in [-0.4, -0.2) is 44.4 Å². The average molecular weight is 316 g/mol. The number of hydrogen-bond acceptors (Lipinski definition) is 5. The standard InChI is InChI=1S/C13H24N4O3S/c1-10(2)9-20-6-5-16-21(18,19)13-11(8-15-17-13)7-14-12-3-4-12/h8,10,12,14,16H,3-7,9H2,1-2H3,(H,15,17). The predicted octanol–water partition coefficient (Wildman–Crippen LogP) is 0.613. The normalized spacial score (nSPS) is 15.8. The zero-order valence-electron chi connectivity index (χ0n) is 12.6.